The van der Waals surface area contributed by atoms with Crippen LogP contribution in [0.1, 0.15) is 37.9 Å². The molecule has 0 aliphatic heterocycles. The quantitative estimate of drug-likeness (QED) is 0.877. The van der Waals surface area contributed by atoms with Crippen molar-refractivity contribution >= 4 is 17.0 Å². The number of alkyl halides is 1. The van der Waals surface area contributed by atoms with Crippen molar-refractivity contribution in [3.63, 3.8) is 0 Å². The van der Waals surface area contributed by atoms with E-state index in [0.717, 1.165) is 6.07 Å². The van der Waals surface area contributed by atoms with Crippen molar-refractivity contribution in [2.45, 2.75) is 44.7 Å². The van der Waals surface area contributed by atoms with E-state index >= 15 is 0 Å². The van der Waals surface area contributed by atoms with Gasteiger partial charge in [-0.1, -0.05) is 17.7 Å². The third-order valence-electron chi connectivity index (χ3n) is 2.81. The maximum Gasteiger partial charge on any atom is 0.340 e. The van der Waals surface area contributed by atoms with Gasteiger partial charge in [0.1, 0.15) is 5.82 Å². The van der Waals surface area contributed by atoms with Gasteiger partial charge in [0.05, 0.1) is 21.8 Å². The zero-order valence-electron chi connectivity index (χ0n) is 12.3. The predicted octanol–water partition coefficient (Wildman–Crippen LogP) is 2.65. The van der Waals surface area contributed by atoms with Crippen molar-refractivity contribution in [1.82, 2.24) is 4.72 Å². The van der Waals surface area contributed by atoms with Crippen LogP contribution in [0.25, 0.3) is 0 Å². The summed E-state index contributed by atoms with van der Waals surface area (Å²) < 4.78 is 41.6. The molecule has 2 N–H and O–H groups in total. The monoisotopic (exact) mass is 319 g/mol. The van der Waals surface area contributed by atoms with Gasteiger partial charge < -0.3 is 5.11 Å². The first-order chi connectivity index (χ1) is 9.54. The number of hydrogen-bond donors (Lipinski definition) is 2. The van der Waals surface area contributed by atoms with Crippen molar-refractivity contribution in [1.29, 1.82) is 0 Å². The summed E-state index contributed by atoms with van der Waals surface area (Å²) in [6, 6.07) is 2.45. The van der Waals surface area contributed by atoms with Crippen molar-refractivity contribution < 1.29 is 22.9 Å². The normalized spacial score (nSPS) is 16.3. The Hall–Kier alpha value is -1.34. The highest BCUT2D eigenvalue weighted by Gasteiger charge is 2.34. The molecule has 0 aromatic heterocycles. The summed E-state index contributed by atoms with van der Waals surface area (Å²) in [5.41, 5.74) is 0.500. The molecular weight excluding hydrogens is 300 g/mol. The molecule has 118 valence electrons. The zero-order valence-corrected chi connectivity index (χ0v) is 13.1. The van der Waals surface area contributed by atoms with E-state index in [2.05, 4.69) is 4.72 Å². The molecule has 1 aromatic carbocycles. The van der Waals surface area contributed by atoms with Crippen LogP contribution >= 0.6 is 0 Å². The highest BCUT2D eigenvalue weighted by Crippen LogP contribution is 2.26. The van der Waals surface area contributed by atoms with Crippen LogP contribution in [0.2, 0.25) is 0 Å². The maximum absolute atomic E-state index is 14.0. The van der Waals surface area contributed by atoms with Crippen LogP contribution in [0, 0.1) is 12.7 Å². The topological polar surface area (TPSA) is 66.4 Å². The standard InChI is InChI=1S/C14H19F2NO3S/c1-8-5-6-10(15)9(7-8)12(11(16)13(18)19)17-21(20)14(2,3)4/h5-7,11-12,17H,1-4H3,(H,18,19)/t11-,12-,21-/m1/s1. The van der Waals surface area contributed by atoms with Crippen molar-refractivity contribution in [3.8, 4) is 0 Å². The number of aryl methyl sites for hydroxylation is 1. The van der Waals surface area contributed by atoms with Gasteiger partial charge in [-0.15, -0.1) is 0 Å². The number of benzene rings is 1. The smallest absolute Gasteiger partial charge is 0.340 e. The summed E-state index contributed by atoms with van der Waals surface area (Å²) in [4.78, 5) is 10.9. The highest BCUT2D eigenvalue weighted by atomic mass is 32.2. The molecule has 21 heavy (non-hydrogen) atoms. The van der Waals surface area contributed by atoms with Gasteiger partial charge in [0.15, 0.2) is 0 Å². The molecule has 7 heteroatoms. The Morgan fingerprint density at radius 2 is 1.95 bits per heavy atom. The van der Waals surface area contributed by atoms with Gasteiger partial charge in [-0.3, -0.25) is 0 Å². The molecule has 0 saturated heterocycles. The highest BCUT2D eigenvalue weighted by molar-refractivity contribution is 7.84. The van der Waals surface area contributed by atoms with E-state index in [0.29, 0.717) is 5.56 Å². The number of halogens is 2. The van der Waals surface area contributed by atoms with Gasteiger partial charge in [0.2, 0.25) is 6.17 Å². The first kappa shape index (κ1) is 17.7. The molecule has 0 bridgehead atoms. The third kappa shape index (κ3) is 4.57. The fourth-order valence-corrected chi connectivity index (χ4v) is 2.45. The molecule has 0 unspecified atom stereocenters. The number of carbonyl (C=O) groups is 1. The largest absolute Gasteiger partial charge is 0.479 e. The van der Waals surface area contributed by atoms with Crippen molar-refractivity contribution in [2.75, 3.05) is 0 Å². The average Bonchev–Trinajstić information content (AvgIpc) is 2.36. The number of carboxylic acids is 1. The summed E-state index contributed by atoms with van der Waals surface area (Å²) in [5.74, 6) is -2.48. The van der Waals surface area contributed by atoms with E-state index in [1.807, 2.05) is 0 Å². The van der Waals surface area contributed by atoms with Crippen LogP contribution in [0.3, 0.4) is 0 Å². The number of hydrogen-bond acceptors (Lipinski definition) is 2. The molecular formula is C14H19F2NO3S. The van der Waals surface area contributed by atoms with Crippen LogP contribution in [0.15, 0.2) is 18.2 Å². The van der Waals surface area contributed by atoms with E-state index in [1.54, 1.807) is 27.7 Å². The summed E-state index contributed by atoms with van der Waals surface area (Å²) >= 11 is 0. The number of nitrogens with one attached hydrogen (secondary N) is 1. The lowest BCUT2D eigenvalue weighted by molar-refractivity contribution is -0.143. The van der Waals surface area contributed by atoms with Gasteiger partial charge >= 0.3 is 5.97 Å². The summed E-state index contributed by atoms with van der Waals surface area (Å²) in [7, 11) is -1.74. The SMILES string of the molecule is Cc1ccc(F)c([C@@H](N[S@](=O)C(C)(C)C)[C@@H](F)C(=O)O)c1. The number of rotatable bonds is 5. The van der Waals surface area contributed by atoms with Crippen LogP contribution in [-0.2, 0) is 15.8 Å². The van der Waals surface area contributed by atoms with Crippen molar-refractivity contribution in [3.05, 3.63) is 35.1 Å². The van der Waals surface area contributed by atoms with Crippen LogP contribution in [-0.4, -0.2) is 26.2 Å². The molecule has 0 amide bonds. The minimum atomic E-state index is -2.41. The zero-order chi connectivity index (χ0) is 16.4. The van der Waals surface area contributed by atoms with Gasteiger partial charge in [-0.2, -0.15) is 0 Å². The summed E-state index contributed by atoms with van der Waals surface area (Å²) in [5, 5.41) is 8.85. The van der Waals surface area contributed by atoms with Crippen LogP contribution < -0.4 is 4.72 Å². The Balaban J connectivity index is 3.23. The van der Waals surface area contributed by atoms with Gasteiger partial charge in [-0.25, -0.2) is 22.5 Å². The van der Waals surface area contributed by atoms with Gasteiger partial charge in [0, 0.05) is 5.56 Å². The molecule has 0 heterocycles. The molecule has 1 aromatic rings. The molecule has 1 rings (SSSR count). The Morgan fingerprint density at radius 3 is 2.43 bits per heavy atom. The van der Waals surface area contributed by atoms with Gasteiger partial charge in [-0.05, 0) is 33.8 Å². The molecule has 0 aliphatic carbocycles. The van der Waals surface area contributed by atoms with Crippen molar-refractivity contribution in [2.24, 2.45) is 0 Å². The van der Waals surface area contributed by atoms with E-state index in [-0.39, 0.29) is 5.56 Å². The van der Waals surface area contributed by atoms with Gasteiger partial charge in [0.25, 0.3) is 0 Å². The molecule has 0 radical (unpaired) electrons. The lowest BCUT2D eigenvalue weighted by atomic mass is 10.0. The molecule has 3 atom stereocenters. The summed E-state index contributed by atoms with van der Waals surface area (Å²) in [6.45, 7) is 6.62. The van der Waals surface area contributed by atoms with Crippen LogP contribution in [0.5, 0.6) is 0 Å². The van der Waals surface area contributed by atoms with E-state index in [1.165, 1.54) is 12.1 Å². The second-order valence-corrected chi connectivity index (χ2v) is 7.74. The molecule has 0 spiro atoms. The fourth-order valence-electron chi connectivity index (χ4n) is 1.62. The minimum absolute atomic E-state index is 0.150. The first-order valence-corrected chi connectivity index (χ1v) is 7.50. The first-order valence-electron chi connectivity index (χ1n) is 6.35. The fraction of sp³-hybridized carbons (Fsp3) is 0.500. The molecule has 0 saturated carbocycles. The number of aliphatic carboxylic acids is 1. The predicted molar refractivity (Wildman–Crippen MR) is 77.4 cm³/mol. The molecule has 0 fully saturated rings. The Morgan fingerprint density at radius 1 is 1.38 bits per heavy atom. The van der Waals surface area contributed by atoms with E-state index < -0.39 is 39.7 Å². The average molecular weight is 319 g/mol. The minimum Gasteiger partial charge on any atom is -0.479 e. The second kappa shape index (κ2) is 6.62. The number of carboxylic acid groups (broad SMARTS) is 1. The Labute approximate surface area is 125 Å². The van der Waals surface area contributed by atoms with E-state index in [9.17, 15) is 17.8 Å². The Kier molecular flexibility index (Phi) is 5.58. The summed E-state index contributed by atoms with van der Waals surface area (Å²) in [6.07, 6.45) is -2.41. The van der Waals surface area contributed by atoms with E-state index in [4.69, 9.17) is 5.11 Å². The lowest BCUT2D eigenvalue weighted by Crippen LogP contribution is -2.41. The molecule has 0 aliphatic rings. The molecule has 4 nitrogen and oxygen atoms in total. The lowest BCUT2D eigenvalue weighted by Gasteiger charge is -2.25. The second-order valence-electron chi connectivity index (χ2n) is 5.74. The maximum atomic E-state index is 14.0. The Bertz CT molecular complexity index is 558. The third-order valence-corrected chi connectivity index (χ3v) is 4.39. The van der Waals surface area contributed by atoms with Crippen LogP contribution in [0.4, 0.5) is 8.78 Å².